The Bertz CT molecular complexity index is 739. The predicted molar refractivity (Wildman–Crippen MR) is 110 cm³/mol. The summed E-state index contributed by atoms with van der Waals surface area (Å²) in [5, 5.41) is 2.88. The van der Waals surface area contributed by atoms with Gasteiger partial charge >= 0.3 is 0 Å². The summed E-state index contributed by atoms with van der Waals surface area (Å²) >= 11 is 0. The molecule has 10 heteroatoms. The Kier molecular flexibility index (Phi) is 10.2. The maximum absolute atomic E-state index is 13.0. The van der Waals surface area contributed by atoms with Crippen molar-refractivity contribution in [1.29, 1.82) is 0 Å². The molecule has 0 aliphatic carbocycles. The van der Waals surface area contributed by atoms with Crippen molar-refractivity contribution in [2.45, 2.75) is 37.1 Å². The Morgan fingerprint density at radius 3 is 2.61 bits per heavy atom. The number of hydrogen-bond acceptors (Lipinski definition) is 6. The Morgan fingerprint density at radius 1 is 1.36 bits per heavy atom. The number of hydrogen-bond donors (Lipinski definition) is 2. The largest absolute Gasteiger partial charge is 0.495 e. The van der Waals surface area contributed by atoms with Crippen molar-refractivity contribution in [3.8, 4) is 5.75 Å². The molecule has 1 unspecified atom stereocenters. The quantitative estimate of drug-likeness (QED) is 0.606. The van der Waals surface area contributed by atoms with Crippen LogP contribution in [0.25, 0.3) is 0 Å². The fourth-order valence-electron chi connectivity index (χ4n) is 2.91. The summed E-state index contributed by atoms with van der Waals surface area (Å²) in [5.41, 5.74) is 5.99. The van der Waals surface area contributed by atoms with Gasteiger partial charge in [-0.05, 0) is 24.6 Å². The highest BCUT2D eigenvalue weighted by atomic mass is 35.5. The molecular formula is C18H30ClN3O5S. The van der Waals surface area contributed by atoms with E-state index in [0.717, 1.165) is 19.3 Å². The number of carbonyl (C=O) groups is 1. The highest BCUT2D eigenvalue weighted by Crippen LogP contribution is 2.28. The third kappa shape index (κ3) is 6.05. The molecule has 2 rings (SSSR count). The van der Waals surface area contributed by atoms with Crippen LogP contribution in [0.2, 0.25) is 0 Å². The lowest BCUT2D eigenvalue weighted by Gasteiger charge is -2.27. The zero-order valence-corrected chi connectivity index (χ0v) is 18.0. The minimum atomic E-state index is -3.79. The van der Waals surface area contributed by atoms with E-state index in [1.165, 1.54) is 23.5 Å². The molecule has 0 aromatic heterocycles. The fourth-order valence-corrected chi connectivity index (χ4v) is 4.50. The van der Waals surface area contributed by atoms with Gasteiger partial charge in [-0.2, -0.15) is 4.31 Å². The number of sulfonamides is 1. The molecule has 28 heavy (non-hydrogen) atoms. The first-order valence-corrected chi connectivity index (χ1v) is 10.6. The van der Waals surface area contributed by atoms with Crippen molar-refractivity contribution in [3.05, 3.63) is 23.8 Å². The normalized spacial score (nSPS) is 16.1. The molecule has 1 heterocycles. The average Bonchev–Trinajstić information content (AvgIpc) is 2.71. The first-order chi connectivity index (χ1) is 12.9. The zero-order valence-electron chi connectivity index (χ0n) is 16.3. The first kappa shape index (κ1) is 24.6. The number of unbranched alkanes of at least 4 members (excludes halogenated alkanes) is 1. The van der Waals surface area contributed by atoms with Gasteiger partial charge in [-0.1, -0.05) is 19.8 Å². The van der Waals surface area contributed by atoms with Crippen LogP contribution in [-0.4, -0.2) is 64.6 Å². The molecule has 1 atom stereocenters. The number of benzene rings is 1. The lowest BCUT2D eigenvalue weighted by Crippen LogP contribution is -2.41. The van der Waals surface area contributed by atoms with Gasteiger partial charge in [-0.15, -0.1) is 12.4 Å². The van der Waals surface area contributed by atoms with Crippen LogP contribution < -0.4 is 15.8 Å². The summed E-state index contributed by atoms with van der Waals surface area (Å²) in [6, 6.07) is 4.29. The first-order valence-electron chi connectivity index (χ1n) is 9.20. The Balaban J connectivity index is 0.00000392. The minimum absolute atomic E-state index is 0. The van der Waals surface area contributed by atoms with Crippen LogP contribution in [0.3, 0.4) is 0 Å². The van der Waals surface area contributed by atoms with E-state index < -0.39 is 10.0 Å². The van der Waals surface area contributed by atoms with Gasteiger partial charge in [0.05, 0.1) is 20.3 Å². The van der Waals surface area contributed by atoms with Crippen molar-refractivity contribution in [3.63, 3.8) is 0 Å². The predicted octanol–water partition coefficient (Wildman–Crippen LogP) is 1.39. The number of halogens is 1. The average molecular weight is 436 g/mol. The second kappa shape index (κ2) is 11.6. The number of nitrogens with one attached hydrogen (secondary N) is 1. The Labute approximate surface area is 173 Å². The molecular weight excluding hydrogens is 406 g/mol. The molecule has 0 bridgehead atoms. The monoisotopic (exact) mass is 435 g/mol. The van der Waals surface area contributed by atoms with Gasteiger partial charge in [-0.3, -0.25) is 4.79 Å². The molecule has 0 radical (unpaired) electrons. The minimum Gasteiger partial charge on any atom is -0.495 e. The molecule has 1 aromatic carbocycles. The van der Waals surface area contributed by atoms with Crippen LogP contribution in [0.1, 0.15) is 36.5 Å². The molecule has 0 spiro atoms. The number of methoxy groups -OCH3 is 1. The number of nitrogens with zero attached hydrogens (tertiary/aromatic N) is 1. The van der Waals surface area contributed by atoms with Gasteiger partial charge in [0.2, 0.25) is 10.0 Å². The van der Waals surface area contributed by atoms with E-state index >= 15 is 0 Å². The molecule has 160 valence electrons. The van der Waals surface area contributed by atoms with Crippen molar-refractivity contribution >= 4 is 28.3 Å². The van der Waals surface area contributed by atoms with E-state index in [-0.39, 0.29) is 53.7 Å². The highest BCUT2D eigenvalue weighted by Gasteiger charge is 2.30. The maximum Gasteiger partial charge on any atom is 0.251 e. The molecule has 0 saturated carbocycles. The summed E-state index contributed by atoms with van der Waals surface area (Å²) in [4.78, 5) is 12.6. The molecule has 1 aromatic rings. The SMILES string of the molecule is CCCCC(CN)NC(=O)c1ccc(OC)c(S(=O)(=O)N2CCOCC2)c1.Cl. The van der Waals surface area contributed by atoms with Crippen molar-refractivity contribution in [2.24, 2.45) is 5.73 Å². The molecule has 1 amide bonds. The van der Waals surface area contributed by atoms with E-state index in [0.29, 0.717) is 19.8 Å². The lowest BCUT2D eigenvalue weighted by molar-refractivity contribution is 0.0729. The second-order valence-electron chi connectivity index (χ2n) is 6.43. The van der Waals surface area contributed by atoms with Gasteiger partial charge in [0.1, 0.15) is 10.6 Å². The Morgan fingerprint density at radius 2 is 2.04 bits per heavy atom. The van der Waals surface area contributed by atoms with Gasteiger partial charge in [0.15, 0.2) is 0 Å². The Hall–Kier alpha value is -1.39. The molecule has 1 fully saturated rings. The summed E-state index contributed by atoms with van der Waals surface area (Å²) in [5.74, 6) is -0.137. The van der Waals surface area contributed by atoms with Crippen LogP contribution in [0.5, 0.6) is 5.75 Å². The number of rotatable bonds is 9. The number of amides is 1. The van der Waals surface area contributed by atoms with Gasteiger partial charge < -0.3 is 20.5 Å². The van der Waals surface area contributed by atoms with Crippen LogP contribution in [0, 0.1) is 0 Å². The smallest absolute Gasteiger partial charge is 0.251 e. The molecule has 1 aliphatic rings. The van der Waals surface area contributed by atoms with Crippen molar-refractivity contribution in [1.82, 2.24) is 9.62 Å². The molecule has 3 N–H and O–H groups in total. The number of carbonyl (C=O) groups excluding carboxylic acids is 1. The second-order valence-corrected chi connectivity index (χ2v) is 8.34. The summed E-state index contributed by atoms with van der Waals surface area (Å²) < 4.78 is 37.8. The van der Waals surface area contributed by atoms with Gasteiger partial charge in [0, 0.05) is 31.2 Å². The van der Waals surface area contributed by atoms with Crippen LogP contribution in [0.15, 0.2) is 23.1 Å². The third-order valence-electron chi connectivity index (χ3n) is 4.54. The highest BCUT2D eigenvalue weighted by molar-refractivity contribution is 7.89. The summed E-state index contributed by atoms with van der Waals surface area (Å²) in [7, 11) is -2.38. The number of morpholine rings is 1. The molecule has 1 saturated heterocycles. The van der Waals surface area contributed by atoms with E-state index in [1.807, 2.05) is 0 Å². The number of ether oxygens (including phenoxy) is 2. The van der Waals surface area contributed by atoms with Crippen molar-refractivity contribution in [2.75, 3.05) is 40.0 Å². The molecule has 8 nitrogen and oxygen atoms in total. The fraction of sp³-hybridized carbons (Fsp3) is 0.611. The summed E-state index contributed by atoms with van der Waals surface area (Å²) in [6.45, 7) is 3.64. The lowest BCUT2D eigenvalue weighted by atomic mass is 10.1. The van der Waals surface area contributed by atoms with E-state index in [4.69, 9.17) is 15.2 Å². The zero-order chi connectivity index (χ0) is 19.9. The molecule has 1 aliphatic heterocycles. The van der Waals surface area contributed by atoms with E-state index in [1.54, 1.807) is 6.07 Å². The third-order valence-corrected chi connectivity index (χ3v) is 6.46. The van der Waals surface area contributed by atoms with E-state index in [2.05, 4.69) is 12.2 Å². The summed E-state index contributed by atoms with van der Waals surface area (Å²) in [6.07, 6.45) is 2.76. The van der Waals surface area contributed by atoms with Crippen molar-refractivity contribution < 1.29 is 22.7 Å². The maximum atomic E-state index is 13.0. The van der Waals surface area contributed by atoms with Crippen LogP contribution >= 0.6 is 12.4 Å². The van der Waals surface area contributed by atoms with Crippen LogP contribution in [-0.2, 0) is 14.8 Å². The topological polar surface area (TPSA) is 111 Å². The van der Waals surface area contributed by atoms with Gasteiger partial charge in [-0.25, -0.2) is 8.42 Å². The van der Waals surface area contributed by atoms with E-state index in [9.17, 15) is 13.2 Å². The van der Waals surface area contributed by atoms with Crippen LogP contribution in [0.4, 0.5) is 0 Å². The number of nitrogens with two attached hydrogens (primary N) is 1. The van der Waals surface area contributed by atoms with Gasteiger partial charge in [0.25, 0.3) is 5.91 Å². The standard InChI is InChI=1S/C18H29N3O5S.ClH/c1-3-4-5-15(13-19)20-18(22)14-6-7-16(25-2)17(12-14)27(23,24)21-8-10-26-11-9-21;/h6-7,12,15H,3-5,8-11,13,19H2,1-2H3,(H,20,22);1H.